The molecule has 186 valence electrons. The van der Waals surface area contributed by atoms with Gasteiger partial charge in [-0.1, -0.05) is 6.58 Å². The van der Waals surface area contributed by atoms with E-state index in [4.69, 9.17) is 15.1 Å². The molecule has 11 nitrogen and oxygen atoms in total. The number of likely N-dealkylation sites (tertiary alicyclic amines) is 1. The van der Waals surface area contributed by atoms with Crippen molar-refractivity contribution in [2.75, 3.05) is 43.4 Å². The SMILES string of the molecule is C=CC(=O)N[C@@H]1CN(c2nc(Nc3cn(C4CCN(C)C4)nc3C)c3ncn(CC)c3n2)C[C@H]1F. The van der Waals surface area contributed by atoms with Crippen LogP contribution in [0.1, 0.15) is 25.1 Å². The van der Waals surface area contributed by atoms with Crippen molar-refractivity contribution in [1.82, 2.24) is 39.5 Å². The molecule has 12 heteroatoms. The van der Waals surface area contributed by atoms with Crippen molar-refractivity contribution < 1.29 is 9.18 Å². The average Bonchev–Trinajstić information content (AvgIpc) is 3.61. The van der Waals surface area contributed by atoms with Crippen LogP contribution < -0.4 is 15.5 Å². The number of carbonyl (C=O) groups is 1. The van der Waals surface area contributed by atoms with Gasteiger partial charge in [0.2, 0.25) is 11.9 Å². The summed E-state index contributed by atoms with van der Waals surface area (Å²) in [5, 5.41) is 10.8. The number of hydrogen-bond donors (Lipinski definition) is 2. The van der Waals surface area contributed by atoms with Crippen LogP contribution in [0.15, 0.2) is 25.2 Å². The Hall–Kier alpha value is -3.54. The highest BCUT2D eigenvalue weighted by atomic mass is 19.1. The van der Waals surface area contributed by atoms with Crippen molar-refractivity contribution in [2.24, 2.45) is 0 Å². The van der Waals surface area contributed by atoms with E-state index < -0.39 is 18.1 Å². The van der Waals surface area contributed by atoms with Crippen LogP contribution in [0.2, 0.25) is 0 Å². The first-order chi connectivity index (χ1) is 16.9. The van der Waals surface area contributed by atoms with Crippen molar-refractivity contribution in [3.8, 4) is 0 Å². The topological polar surface area (TPSA) is 109 Å². The Bertz CT molecular complexity index is 1250. The van der Waals surface area contributed by atoms with E-state index in [9.17, 15) is 9.18 Å². The van der Waals surface area contributed by atoms with Gasteiger partial charge in [0.25, 0.3) is 0 Å². The molecule has 0 aliphatic carbocycles. The Balaban J connectivity index is 1.46. The first-order valence-corrected chi connectivity index (χ1v) is 11.9. The number of hydrogen-bond acceptors (Lipinski definition) is 8. The second-order valence-electron chi connectivity index (χ2n) is 9.25. The smallest absolute Gasteiger partial charge is 0.243 e. The number of fused-ring (bicyclic) bond motifs is 1. The second kappa shape index (κ2) is 9.25. The van der Waals surface area contributed by atoms with Crippen molar-refractivity contribution in [2.45, 2.75) is 45.1 Å². The summed E-state index contributed by atoms with van der Waals surface area (Å²) in [6.45, 7) is 10.5. The van der Waals surface area contributed by atoms with Crippen molar-refractivity contribution in [3.05, 3.63) is 30.9 Å². The number of rotatable bonds is 7. The second-order valence-corrected chi connectivity index (χ2v) is 9.25. The first-order valence-electron chi connectivity index (χ1n) is 11.9. The molecule has 1 amide bonds. The van der Waals surface area contributed by atoms with Gasteiger partial charge in [0.1, 0.15) is 6.17 Å². The summed E-state index contributed by atoms with van der Waals surface area (Å²) in [5.41, 5.74) is 3.00. The van der Waals surface area contributed by atoms with Crippen molar-refractivity contribution in [1.29, 1.82) is 0 Å². The zero-order valence-corrected chi connectivity index (χ0v) is 20.3. The van der Waals surface area contributed by atoms with Gasteiger partial charge < -0.3 is 25.0 Å². The molecule has 35 heavy (non-hydrogen) atoms. The van der Waals surface area contributed by atoms with Crippen LogP contribution >= 0.6 is 0 Å². The lowest BCUT2D eigenvalue weighted by atomic mass is 10.2. The van der Waals surface area contributed by atoms with Gasteiger partial charge in [-0.25, -0.2) is 9.37 Å². The largest absolute Gasteiger partial charge is 0.345 e. The van der Waals surface area contributed by atoms with Gasteiger partial charge in [-0.05, 0) is 39.9 Å². The number of imidazole rings is 1. The number of aryl methyl sites for hydroxylation is 2. The van der Waals surface area contributed by atoms with E-state index >= 15 is 0 Å². The van der Waals surface area contributed by atoms with E-state index in [1.165, 1.54) is 0 Å². The van der Waals surface area contributed by atoms with Gasteiger partial charge in [0, 0.05) is 25.8 Å². The number of carbonyl (C=O) groups excluding carboxylic acids is 1. The number of nitrogens with zero attached hydrogens (tertiary/aromatic N) is 8. The Morgan fingerprint density at radius 1 is 1.31 bits per heavy atom. The van der Waals surface area contributed by atoms with Gasteiger partial charge in [0.05, 0.1) is 36.3 Å². The molecule has 2 saturated heterocycles. The summed E-state index contributed by atoms with van der Waals surface area (Å²) in [5.74, 6) is 0.524. The van der Waals surface area contributed by atoms with Gasteiger partial charge in [-0.2, -0.15) is 15.1 Å². The lowest BCUT2D eigenvalue weighted by molar-refractivity contribution is -0.117. The van der Waals surface area contributed by atoms with E-state index in [0.29, 0.717) is 35.5 Å². The molecule has 0 aromatic carbocycles. The molecule has 0 bridgehead atoms. The van der Waals surface area contributed by atoms with E-state index in [1.807, 2.05) is 29.3 Å². The molecule has 0 saturated carbocycles. The van der Waals surface area contributed by atoms with Crippen LogP contribution in [0.5, 0.6) is 0 Å². The predicted molar refractivity (Wildman–Crippen MR) is 132 cm³/mol. The molecular weight excluding hydrogens is 451 g/mol. The van der Waals surface area contributed by atoms with Crippen LogP contribution in [0.25, 0.3) is 11.2 Å². The Labute approximate surface area is 203 Å². The summed E-state index contributed by atoms with van der Waals surface area (Å²) >= 11 is 0. The summed E-state index contributed by atoms with van der Waals surface area (Å²) in [6, 6.07) is -0.319. The summed E-state index contributed by atoms with van der Waals surface area (Å²) < 4.78 is 18.7. The number of aromatic nitrogens is 6. The predicted octanol–water partition coefficient (Wildman–Crippen LogP) is 1.80. The maximum absolute atomic E-state index is 14.7. The molecule has 2 N–H and O–H groups in total. The highest BCUT2D eigenvalue weighted by molar-refractivity contribution is 5.88. The normalized spacial score (nSPS) is 22.7. The van der Waals surface area contributed by atoms with Crippen LogP contribution in [-0.4, -0.2) is 85.5 Å². The zero-order valence-electron chi connectivity index (χ0n) is 20.3. The quantitative estimate of drug-likeness (QED) is 0.491. The number of nitrogens with one attached hydrogen (secondary N) is 2. The van der Waals surface area contributed by atoms with Gasteiger partial charge in [-0.3, -0.25) is 9.48 Å². The molecule has 1 unspecified atom stereocenters. The minimum absolute atomic E-state index is 0.0828. The van der Waals surface area contributed by atoms with Gasteiger partial charge in [0.15, 0.2) is 17.0 Å². The third kappa shape index (κ3) is 4.45. The van der Waals surface area contributed by atoms with Crippen LogP contribution in [-0.2, 0) is 11.3 Å². The Morgan fingerprint density at radius 2 is 2.14 bits per heavy atom. The summed E-state index contributed by atoms with van der Waals surface area (Å²) in [7, 11) is 2.12. The Morgan fingerprint density at radius 3 is 2.86 bits per heavy atom. The molecule has 3 aromatic rings. The fourth-order valence-electron chi connectivity index (χ4n) is 4.74. The zero-order chi connectivity index (χ0) is 24.7. The molecule has 2 aliphatic rings. The van der Waals surface area contributed by atoms with Crippen LogP contribution in [0.4, 0.5) is 21.8 Å². The first kappa shape index (κ1) is 23.2. The maximum atomic E-state index is 14.7. The number of anilines is 3. The third-order valence-electron chi connectivity index (χ3n) is 6.75. The number of likely N-dealkylation sites (N-methyl/N-ethyl adjacent to an activating group) is 1. The highest BCUT2D eigenvalue weighted by Crippen LogP contribution is 2.30. The Kier molecular flexibility index (Phi) is 6.13. The fourth-order valence-corrected chi connectivity index (χ4v) is 4.74. The number of halogens is 1. The summed E-state index contributed by atoms with van der Waals surface area (Å²) in [6.07, 6.45) is 4.70. The van der Waals surface area contributed by atoms with E-state index in [2.05, 4.69) is 34.1 Å². The molecule has 0 radical (unpaired) electrons. The van der Waals surface area contributed by atoms with E-state index in [0.717, 1.165) is 37.0 Å². The molecule has 5 heterocycles. The average molecular weight is 483 g/mol. The van der Waals surface area contributed by atoms with E-state index in [-0.39, 0.29) is 13.1 Å². The molecule has 3 aromatic heterocycles. The molecular formula is C23H31FN10O. The molecule has 2 aliphatic heterocycles. The maximum Gasteiger partial charge on any atom is 0.243 e. The minimum atomic E-state index is -1.24. The van der Waals surface area contributed by atoms with E-state index in [1.54, 1.807) is 11.2 Å². The highest BCUT2D eigenvalue weighted by Gasteiger charge is 2.35. The van der Waals surface area contributed by atoms with Crippen LogP contribution in [0.3, 0.4) is 0 Å². The van der Waals surface area contributed by atoms with Crippen molar-refractivity contribution >= 4 is 34.5 Å². The summed E-state index contributed by atoms with van der Waals surface area (Å²) in [4.78, 5) is 29.7. The molecule has 3 atom stereocenters. The number of amides is 1. The van der Waals surface area contributed by atoms with Gasteiger partial charge in [-0.15, -0.1) is 0 Å². The van der Waals surface area contributed by atoms with Crippen LogP contribution in [0, 0.1) is 6.92 Å². The lowest BCUT2D eigenvalue weighted by Gasteiger charge is -2.17. The standard InChI is InChI=1S/C23H31FN10O/c1-5-19(35)26-18-11-33(10-16(18)24)23-28-21(20-22(29-23)32(6-2)13-25-20)27-17-12-34(30-14(17)3)15-7-8-31(4)9-15/h5,12-13,15-16,18H,1,6-11H2,2-4H3,(H,26,35)(H,27,28,29)/t15?,16-,18-/m1/s1. The molecule has 5 rings (SSSR count). The monoisotopic (exact) mass is 482 g/mol. The van der Waals surface area contributed by atoms with Crippen molar-refractivity contribution in [3.63, 3.8) is 0 Å². The minimum Gasteiger partial charge on any atom is -0.345 e. The molecule has 0 spiro atoms. The number of alkyl halides is 1. The molecule has 2 fully saturated rings. The lowest BCUT2D eigenvalue weighted by Crippen LogP contribution is -2.40. The fraction of sp³-hybridized carbons (Fsp3) is 0.522. The van der Waals surface area contributed by atoms with Gasteiger partial charge >= 0.3 is 0 Å². The third-order valence-corrected chi connectivity index (χ3v) is 6.75.